The molecule has 0 fully saturated rings. The highest BCUT2D eigenvalue weighted by atomic mass is 32.2. The van der Waals surface area contributed by atoms with Gasteiger partial charge in [-0.15, -0.1) is 0 Å². The standard InChI is InChI=1S/C18H25N5O2S/c1-13(19)18(20)12-26(24,25)17-10-6-15(7-11-17)22-21-14-4-8-16(9-5-14)23(2)3/h4-11,13,18H,12,19-20H2,1-3H3. The molecule has 4 N–H and O–H groups in total. The van der Waals surface area contributed by atoms with Gasteiger partial charge in [0.05, 0.1) is 22.0 Å². The summed E-state index contributed by atoms with van der Waals surface area (Å²) >= 11 is 0. The molecule has 0 aliphatic rings. The van der Waals surface area contributed by atoms with E-state index in [0.717, 1.165) is 11.4 Å². The van der Waals surface area contributed by atoms with Crippen molar-refractivity contribution in [3.63, 3.8) is 0 Å². The summed E-state index contributed by atoms with van der Waals surface area (Å²) in [7, 11) is 0.448. The van der Waals surface area contributed by atoms with Crippen molar-refractivity contribution in [2.45, 2.75) is 23.9 Å². The van der Waals surface area contributed by atoms with E-state index in [-0.39, 0.29) is 10.6 Å². The molecule has 0 saturated heterocycles. The Bertz CT molecular complexity index is 844. The van der Waals surface area contributed by atoms with Crippen LogP contribution in [0.15, 0.2) is 63.7 Å². The Balaban J connectivity index is 2.09. The molecule has 2 rings (SSSR count). The highest BCUT2D eigenvalue weighted by Crippen LogP contribution is 2.23. The third-order valence-electron chi connectivity index (χ3n) is 3.93. The molecule has 7 nitrogen and oxygen atoms in total. The van der Waals surface area contributed by atoms with Crippen LogP contribution in [-0.2, 0) is 9.84 Å². The number of hydrogen-bond donors (Lipinski definition) is 2. The molecule has 0 aliphatic heterocycles. The zero-order chi connectivity index (χ0) is 19.3. The normalized spacial score (nSPS) is 14.3. The molecule has 0 aliphatic carbocycles. The van der Waals surface area contributed by atoms with Crippen LogP contribution in [0.2, 0.25) is 0 Å². The van der Waals surface area contributed by atoms with E-state index < -0.39 is 21.9 Å². The molecule has 2 aromatic rings. The second-order valence-electron chi connectivity index (χ2n) is 6.41. The summed E-state index contributed by atoms with van der Waals surface area (Å²) in [4.78, 5) is 2.19. The van der Waals surface area contributed by atoms with Crippen LogP contribution in [0, 0.1) is 0 Å². The molecule has 0 radical (unpaired) electrons. The summed E-state index contributed by atoms with van der Waals surface area (Å²) in [5.41, 5.74) is 13.8. The smallest absolute Gasteiger partial charge is 0.179 e. The molecule has 2 atom stereocenters. The fourth-order valence-corrected chi connectivity index (χ4v) is 3.71. The van der Waals surface area contributed by atoms with Crippen molar-refractivity contribution >= 4 is 26.9 Å². The molecular weight excluding hydrogens is 350 g/mol. The minimum absolute atomic E-state index is 0.191. The number of hydrogen-bond acceptors (Lipinski definition) is 7. The molecule has 0 saturated carbocycles. The van der Waals surface area contributed by atoms with Crippen LogP contribution >= 0.6 is 0 Å². The van der Waals surface area contributed by atoms with Gasteiger partial charge in [-0.25, -0.2) is 8.42 Å². The Morgan fingerprint density at radius 3 is 1.81 bits per heavy atom. The minimum atomic E-state index is -3.48. The van der Waals surface area contributed by atoms with E-state index in [4.69, 9.17) is 11.5 Å². The maximum atomic E-state index is 12.3. The van der Waals surface area contributed by atoms with Crippen molar-refractivity contribution in [1.29, 1.82) is 0 Å². The largest absolute Gasteiger partial charge is 0.378 e. The number of benzene rings is 2. The van der Waals surface area contributed by atoms with Gasteiger partial charge in [-0.3, -0.25) is 0 Å². The Kier molecular flexibility index (Phi) is 6.47. The van der Waals surface area contributed by atoms with Crippen LogP contribution in [0.1, 0.15) is 6.92 Å². The zero-order valence-corrected chi connectivity index (χ0v) is 16.0. The lowest BCUT2D eigenvalue weighted by atomic mass is 10.2. The molecule has 26 heavy (non-hydrogen) atoms. The predicted octanol–water partition coefficient (Wildman–Crippen LogP) is 2.62. The number of sulfone groups is 1. The molecule has 140 valence electrons. The average Bonchev–Trinajstić information content (AvgIpc) is 2.60. The Morgan fingerprint density at radius 2 is 1.38 bits per heavy atom. The van der Waals surface area contributed by atoms with Gasteiger partial charge in [-0.1, -0.05) is 0 Å². The van der Waals surface area contributed by atoms with Crippen LogP contribution in [-0.4, -0.2) is 40.3 Å². The van der Waals surface area contributed by atoms with Gasteiger partial charge in [0, 0.05) is 31.9 Å². The van der Waals surface area contributed by atoms with Crippen LogP contribution in [0.5, 0.6) is 0 Å². The highest BCUT2D eigenvalue weighted by molar-refractivity contribution is 7.91. The van der Waals surface area contributed by atoms with E-state index in [9.17, 15) is 8.42 Å². The SMILES string of the molecule is CC(N)C(N)CS(=O)(=O)c1ccc(N=Nc2ccc(N(C)C)cc2)cc1. The lowest BCUT2D eigenvalue weighted by Gasteiger charge is -2.15. The first-order valence-corrected chi connectivity index (χ1v) is 9.87. The summed E-state index contributed by atoms with van der Waals surface area (Å²) in [5, 5.41) is 8.30. The van der Waals surface area contributed by atoms with Crippen LogP contribution in [0.4, 0.5) is 17.1 Å². The predicted molar refractivity (Wildman–Crippen MR) is 105 cm³/mol. The van der Waals surface area contributed by atoms with Crippen molar-refractivity contribution in [2.24, 2.45) is 21.7 Å². The third-order valence-corrected chi connectivity index (χ3v) is 5.74. The average molecular weight is 375 g/mol. The van der Waals surface area contributed by atoms with Gasteiger partial charge in [0.2, 0.25) is 0 Å². The summed E-state index contributed by atoms with van der Waals surface area (Å²) < 4.78 is 24.7. The second kappa shape index (κ2) is 8.39. The first kappa shape index (κ1) is 20.0. The molecule has 0 heterocycles. The van der Waals surface area contributed by atoms with Crippen LogP contribution in [0.3, 0.4) is 0 Å². The molecule has 2 aromatic carbocycles. The topological polar surface area (TPSA) is 114 Å². The number of anilines is 1. The maximum absolute atomic E-state index is 12.3. The Hall–Kier alpha value is -2.29. The first-order chi connectivity index (χ1) is 12.2. The van der Waals surface area contributed by atoms with Crippen molar-refractivity contribution in [1.82, 2.24) is 0 Å². The van der Waals surface area contributed by atoms with E-state index in [0.29, 0.717) is 5.69 Å². The van der Waals surface area contributed by atoms with E-state index >= 15 is 0 Å². The number of nitrogens with zero attached hydrogens (tertiary/aromatic N) is 3. The van der Waals surface area contributed by atoms with Crippen molar-refractivity contribution in [2.75, 3.05) is 24.7 Å². The lowest BCUT2D eigenvalue weighted by molar-refractivity contribution is 0.562. The molecule has 0 bridgehead atoms. The minimum Gasteiger partial charge on any atom is -0.378 e. The molecule has 0 spiro atoms. The Morgan fingerprint density at radius 1 is 0.923 bits per heavy atom. The number of azo groups is 1. The summed E-state index contributed by atoms with van der Waals surface area (Å²) in [5.74, 6) is -0.191. The molecular formula is C18H25N5O2S. The third kappa shape index (κ3) is 5.35. The summed E-state index contributed by atoms with van der Waals surface area (Å²) in [6.07, 6.45) is 0. The molecule has 8 heteroatoms. The van der Waals surface area contributed by atoms with Gasteiger partial charge in [0.25, 0.3) is 0 Å². The quantitative estimate of drug-likeness (QED) is 0.722. The van der Waals surface area contributed by atoms with E-state index in [2.05, 4.69) is 10.2 Å². The Labute approximate surface area is 154 Å². The summed E-state index contributed by atoms with van der Waals surface area (Å²) in [6.45, 7) is 1.69. The van der Waals surface area contributed by atoms with Crippen LogP contribution in [0.25, 0.3) is 0 Å². The van der Waals surface area contributed by atoms with E-state index in [1.807, 2.05) is 43.3 Å². The molecule has 2 unspecified atom stereocenters. The number of nitrogens with two attached hydrogens (primary N) is 2. The highest BCUT2D eigenvalue weighted by Gasteiger charge is 2.21. The van der Waals surface area contributed by atoms with Crippen LogP contribution < -0.4 is 16.4 Å². The number of rotatable bonds is 7. The fourth-order valence-electron chi connectivity index (χ4n) is 2.15. The van der Waals surface area contributed by atoms with Gasteiger partial charge >= 0.3 is 0 Å². The van der Waals surface area contributed by atoms with Gasteiger partial charge in [0.15, 0.2) is 9.84 Å². The van der Waals surface area contributed by atoms with Gasteiger partial charge in [-0.2, -0.15) is 10.2 Å². The van der Waals surface area contributed by atoms with Gasteiger partial charge < -0.3 is 16.4 Å². The van der Waals surface area contributed by atoms with E-state index in [1.165, 1.54) is 12.1 Å². The first-order valence-electron chi connectivity index (χ1n) is 8.22. The van der Waals surface area contributed by atoms with Crippen molar-refractivity contribution in [3.05, 3.63) is 48.5 Å². The zero-order valence-electron chi connectivity index (χ0n) is 15.2. The maximum Gasteiger partial charge on any atom is 0.179 e. The van der Waals surface area contributed by atoms with Crippen molar-refractivity contribution < 1.29 is 8.42 Å². The van der Waals surface area contributed by atoms with Crippen molar-refractivity contribution in [3.8, 4) is 0 Å². The molecule has 0 amide bonds. The fraction of sp³-hybridized carbons (Fsp3) is 0.333. The monoisotopic (exact) mass is 375 g/mol. The lowest BCUT2D eigenvalue weighted by Crippen LogP contribution is -2.43. The van der Waals surface area contributed by atoms with Gasteiger partial charge in [0.1, 0.15) is 0 Å². The van der Waals surface area contributed by atoms with Gasteiger partial charge in [-0.05, 0) is 55.5 Å². The van der Waals surface area contributed by atoms with E-state index in [1.54, 1.807) is 19.1 Å². The second-order valence-corrected chi connectivity index (χ2v) is 8.44. The molecule has 0 aromatic heterocycles. The summed E-state index contributed by atoms with van der Waals surface area (Å²) in [6, 6.07) is 12.9.